The van der Waals surface area contributed by atoms with Gasteiger partial charge < -0.3 is 16.8 Å². The quantitative estimate of drug-likeness (QED) is 0.372. The van der Waals surface area contributed by atoms with Crippen molar-refractivity contribution >= 4 is 0 Å². The summed E-state index contributed by atoms with van der Waals surface area (Å²) in [4.78, 5) is 0. The molecule has 0 aromatic heterocycles. The summed E-state index contributed by atoms with van der Waals surface area (Å²) in [7, 11) is 0. The first-order valence-electron chi connectivity index (χ1n) is 0.577. The van der Waals surface area contributed by atoms with Crippen LogP contribution in [0.4, 0.5) is 0 Å². The molecule has 3 N–H and O–H groups in total. The van der Waals surface area contributed by atoms with E-state index in [0.29, 0.717) is 0 Å². The first-order valence-corrected chi connectivity index (χ1v) is 0.577. The third-order valence-corrected chi connectivity index (χ3v) is 0. The molecule has 5 heavy (non-hydrogen) atoms. The van der Waals surface area contributed by atoms with Crippen molar-refractivity contribution in [3.8, 4) is 0 Å². The molecule has 0 aromatic carbocycles. The van der Waals surface area contributed by atoms with Crippen LogP contribution in [0.5, 0.6) is 0 Å². The fourth-order valence-electron chi connectivity index (χ4n) is 0. The maximum atomic E-state index is 7.21. The molecule has 0 aromatic rings. The molecule has 0 saturated heterocycles. The Morgan fingerprint density at radius 1 is 1.60 bits per heavy atom. The Balaban J connectivity index is -0.0000000200. The summed E-state index contributed by atoms with van der Waals surface area (Å²) in [5, 5.41) is 7.21. The minimum absolute atomic E-state index is 0. The Labute approximate surface area is 56.1 Å². The van der Waals surface area contributed by atoms with Gasteiger partial charge in [-0.2, -0.15) is 0 Å². The van der Waals surface area contributed by atoms with Crippen LogP contribution < -0.4 is 0 Å². The first-order chi connectivity index (χ1) is 1.41. The molecular weight excluding hydrogens is 145 g/mol. The van der Waals surface area contributed by atoms with Crippen LogP contribution in [0.1, 0.15) is 0 Å². The van der Waals surface area contributed by atoms with Crippen molar-refractivity contribution in [2.75, 3.05) is 0 Å². The van der Waals surface area contributed by atoms with E-state index in [1.54, 1.807) is 0 Å². The summed E-state index contributed by atoms with van der Waals surface area (Å²) in [6, 6.07) is 0. The number of hydrogen-bond acceptors (Lipinski definition) is 1. The molecule has 0 atom stereocenters. The van der Waals surface area contributed by atoms with Gasteiger partial charge in [0.2, 0.25) is 0 Å². The second kappa shape index (κ2) is 23.2. The number of rotatable bonds is 0. The van der Waals surface area contributed by atoms with Gasteiger partial charge in [-0.3, -0.25) is 0 Å². The van der Waals surface area contributed by atoms with E-state index in [-0.39, 0.29) is 38.2 Å². The Bertz CT molecular complexity index is 15.1. The summed E-state index contributed by atoms with van der Waals surface area (Å²) in [6.45, 7) is 2.79. The van der Waals surface area contributed by atoms with Crippen LogP contribution >= 0.6 is 0 Å². The maximum absolute atomic E-state index is 7.21. The molecule has 0 saturated carbocycles. The molecule has 0 rings (SSSR count). The fraction of sp³-hybridized carbons (Fsp3) is 0. The minimum atomic E-state index is 0. The van der Waals surface area contributed by atoms with E-state index in [4.69, 9.17) is 5.11 Å². The number of aliphatic hydroxyl groups is 1. The molecule has 29 valence electrons. The van der Waals surface area contributed by atoms with Crippen molar-refractivity contribution in [1.82, 2.24) is 0 Å². The smallest absolute Gasteiger partial charge is 0 e. The monoisotopic (exact) mass is 150 g/mol. The van der Waals surface area contributed by atoms with Crippen molar-refractivity contribution in [3.05, 3.63) is 12.8 Å². The largest absolute Gasteiger partial charge is 0.706 e. The second-order valence-electron chi connectivity index (χ2n) is 0.158. The van der Waals surface area contributed by atoms with E-state index >= 15 is 0 Å². The number of hydrogen-bond donors (Lipinski definition) is 1. The molecule has 2 nitrogen and oxygen atoms in total. The standard InChI is InChI=1S/C2H3O.H2O.Y/c1-2-3;;/h3H,1H2;1H2;/q-1;;. The van der Waals surface area contributed by atoms with E-state index in [1.165, 1.54) is 6.26 Å². The zero-order valence-electron chi connectivity index (χ0n) is 2.73. The minimum Gasteiger partial charge on any atom is -0.706 e. The molecule has 0 amide bonds. The molecule has 1 radical (unpaired) electrons. The van der Waals surface area contributed by atoms with Crippen LogP contribution in [-0.4, -0.2) is 10.6 Å². The van der Waals surface area contributed by atoms with Gasteiger partial charge in [-0.1, -0.05) is 0 Å². The molecule has 0 aliphatic carbocycles. The van der Waals surface area contributed by atoms with Gasteiger partial charge in [0.15, 0.2) is 0 Å². The van der Waals surface area contributed by atoms with Gasteiger partial charge in [0.05, 0.1) is 0 Å². The van der Waals surface area contributed by atoms with E-state index in [0.717, 1.165) is 0 Å². The SMILES string of the molecule is C=[C-]O.O.[Y]. The Kier molecular flexibility index (Phi) is 81.4. The van der Waals surface area contributed by atoms with Crippen LogP contribution in [0.2, 0.25) is 0 Å². The summed E-state index contributed by atoms with van der Waals surface area (Å²) >= 11 is 0. The average Bonchev–Trinajstić information content (AvgIpc) is 0.918. The van der Waals surface area contributed by atoms with Gasteiger partial charge in [-0.05, 0) is 0 Å². The molecule has 0 fully saturated rings. The zero-order valence-corrected chi connectivity index (χ0v) is 5.57. The van der Waals surface area contributed by atoms with Gasteiger partial charge in [-0.15, -0.1) is 0 Å². The average molecular weight is 150 g/mol. The first kappa shape index (κ1) is 17.5. The van der Waals surface area contributed by atoms with Gasteiger partial charge >= 0.3 is 0 Å². The van der Waals surface area contributed by atoms with Crippen LogP contribution in [0.15, 0.2) is 6.58 Å². The van der Waals surface area contributed by atoms with E-state index in [1.807, 2.05) is 0 Å². The molecule has 3 heteroatoms. The van der Waals surface area contributed by atoms with Gasteiger partial charge in [-0.25, -0.2) is 6.58 Å². The Morgan fingerprint density at radius 3 is 1.60 bits per heavy atom. The predicted molar refractivity (Wildman–Crippen MR) is 15.1 cm³/mol. The zero-order chi connectivity index (χ0) is 2.71. The van der Waals surface area contributed by atoms with Crippen LogP contribution in [0.25, 0.3) is 0 Å². The molecule has 0 bridgehead atoms. The van der Waals surface area contributed by atoms with Crippen LogP contribution in [0.3, 0.4) is 0 Å². The molecule has 0 spiro atoms. The molecule has 0 unspecified atom stereocenters. The third kappa shape index (κ3) is 85.6. The van der Waals surface area contributed by atoms with Gasteiger partial charge in [0.25, 0.3) is 0 Å². The van der Waals surface area contributed by atoms with E-state index in [9.17, 15) is 0 Å². The molecular formula is C2H5O2Y-. The van der Waals surface area contributed by atoms with E-state index in [2.05, 4.69) is 6.58 Å². The van der Waals surface area contributed by atoms with Gasteiger partial charge in [0.1, 0.15) is 0 Å². The molecule has 0 aliphatic rings. The summed E-state index contributed by atoms with van der Waals surface area (Å²) in [5.41, 5.74) is 0. The molecule has 0 aliphatic heterocycles. The van der Waals surface area contributed by atoms with Gasteiger partial charge in [0, 0.05) is 32.7 Å². The number of aliphatic hydroxyl groups excluding tert-OH is 1. The third-order valence-electron chi connectivity index (χ3n) is 0. The Morgan fingerprint density at radius 2 is 1.60 bits per heavy atom. The molecule has 0 heterocycles. The van der Waals surface area contributed by atoms with Crippen LogP contribution in [-0.2, 0) is 32.7 Å². The topological polar surface area (TPSA) is 51.7 Å². The van der Waals surface area contributed by atoms with Crippen LogP contribution in [0, 0.1) is 6.26 Å². The van der Waals surface area contributed by atoms with E-state index < -0.39 is 0 Å². The maximum Gasteiger partial charge on any atom is 0 e. The van der Waals surface area contributed by atoms with Crippen molar-refractivity contribution in [1.29, 1.82) is 0 Å². The van der Waals surface area contributed by atoms with Crippen molar-refractivity contribution in [2.45, 2.75) is 0 Å². The summed E-state index contributed by atoms with van der Waals surface area (Å²) < 4.78 is 0. The van der Waals surface area contributed by atoms with Crippen molar-refractivity contribution < 1.29 is 43.3 Å². The van der Waals surface area contributed by atoms with Crippen molar-refractivity contribution in [2.24, 2.45) is 0 Å². The van der Waals surface area contributed by atoms with Crippen molar-refractivity contribution in [3.63, 3.8) is 0 Å². The summed E-state index contributed by atoms with van der Waals surface area (Å²) in [5.74, 6) is 0. The Hall–Kier alpha value is 0.604. The second-order valence-corrected chi connectivity index (χ2v) is 0.158. The normalized spacial score (nSPS) is 2.40. The summed E-state index contributed by atoms with van der Waals surface area (Å²) in [6.07, 6.45) is 1.50. The predicted octanol–water partition coefficient (Wildman–Crippen LogP) is -0.336. The fourth-order valence-corrected chi connectivity index (χ4v) is 0.